The number of hydrogen-bond acceptors (Lipinski definition) is 6. The largest absolute Gasteiger partial charge is 0.469 e. The molecule has 0 aliphatic carbocycles. The first-order chi connectivity index (χ1) is 12.0. The van der Waals surface area contributed by atoms with Gasteiger partial charge in [-0.3, -0.25) is 19.7 Å². The zero-order valence-electron chi connectivity index (χ0n) is 13.5. The number of esters is 1. The van der Waals surface area contributed by atoms with Crippen LogP contribution in [-0.2, 0) is 9.53 Å². The second-order valence-electron chi connectivity index (χ2n) is 5.06. The Balaban J connectivity index is 2.13. The molecule has 0 bridgehead atoms. The third-order valence-electron chi connectivity index (χ3n) is 3.35. The van der Waals surface area contributed by atoms with E-state index in [9.17, 15) is 19.7 Å². The van der Waals surface area contributed by atoms with Gasteiger partial charge >= 0.3 is 5.97 Å². The molecule has 0 saturated carbocycles. The summed E-state index contributed by atoms with van der Waals surface area (Å²) in [5.74, 6) is -0.952. The van der Waals surface area contributed by atoms with E-state index in [-0.39, 0.29) is 29.9 Å². The van der Waals surface area contributed by atoms with Gasteiger partial charge in [-0.05, 0) is 24.3 Å². The molecule has 1 amide bonds. The highest BCUT2D eigenvalue weighted by Gasteiger charge is 2.18. The molecule has 2 aromatic carbocycles. The Labute approximate surface area is 144 Å². The number of benzene rings is 2. The maximum atomic E-state index is 12.1. The molecule has 130 valence electrons. The van der Waals surface area contributed by atoms with Crippen LogP contribution in [-0.4, -0.2) is 30.5 Å². The normalized spacial score (nSPS) is 9.96. The van der Waals surface area contributed by atoms with E-state index in [1.807, 2.05) is 6.07 Å². The van der Waals surface area contributed by atoms with Crippen LogP contribution in [0.3, 0.4) is 0 Å². The predicted octanol–water partition coefficient (Wildman–Crippen LogP) is 2.63. The highest BCUT2D eigenvalue weighted by molar-refractivity contribution is 5.96. The van der Waals surface area contributed by atoms with Crippen molar-refractivity contribution in [2.45, 2.75) is 6.42 Å². The van der Waals surface area contributed by atoms with E-state index in [0.29, 0.717) is 5.69 Å². The number of carbonyl (C=O) groups is 2. The van der Waals surface area contributed by atoms with Crippen LogP contribution in [0.5, 0.6) is 0 Å². The second-order valence-corrected chi connectivity index (χ2v) is 5.06. The van der Waals surface area contributed by atoms with Gasteiger partial charge in [0.15, 0.2) is 0 Å². The van der Waals surface area contributed by atoms with Crippen LogP contribution in [0.2, 0.25) is 0 Å². The van der Waals surface area contributed by atoms with Crippen molar-refractivity contribution in [2.75, 3.05) is 19.0 Å². The Morgan fingerprint density at radius 1 is 1.16 bits per heavy atom. The lowest BCUT2D eigenvalue weighted by Gasteiger charge is -2.09. The standard InChI is InChI=1S/C17H17N3O5/c1-25-16(21)9-10-18-17(22)12-7-8-14(15(11-12)20(23)24)19-13-5-3-2-4-6-13/h2-8,11,19H,9-10H2,1H3,(H,18,22). The zero-order chi connectivity index (χ0) is 18.2. The number of nitrogens with one attached hydrogen (secondary N) is 2. The zero-order valence-corrected chi connectivity index (χ0v) is 13.5. The van der Waals surface area contributed by atoms with Gasteiger partial charge in [0.1, 0.15) is 5.69 Å². The van der Waals surface area contributed by atoms with Gasteiger partial charge in [-0.25, -0.2) is 0 Å². The second kappa shape index (κ2) is 8.44. The average Bonchev–Trinajstić information content (AvgIpc) is 2.62. The third-order valence-corrected chi connectivity index (χ3v) is 3.35. The van der Waals surface area contributed by atoms with Crippen molar-refractivity contribution < 1.29 is 19.2 Å². The fourth-order valence-electron chi connectivity index (χ4n) is 2.09. The monoisotopic (exact) mass is 343 g/mol. The molecule has 0 saturated heterocycles. The molecule has 0 unspecified atom stereocenters. The van der Waals surface area contributed by atoms with Crippen molar-refractivity contribution in [3.05, 3.63) is 64.2 Å². The lowest BCUT2D eigenvalue weighted by atomic mass is 10.1. The molecular formula is C17H17N3O5. The van der Waals surface area contributed by atoms with Gasteiger partial charge in [-0.1, -0.05) is 18.2 Å². The number of amides is 1. The Morgan fingerprint density at radius 3 is 2.52 bits per heavy atom. The summed E-state index contributed by atoms with van der Waals surface area (Å²) in [6.07, 6.45) is 0.0258. The van der Waals surface area contributed by atoms with E-state index in [2.05, 4.69) is 15.4 Å². The Morgan fingerprint density at radius 2 is 1.88 bits per heavy atom. The Kier molecular flexibility index (Phi) is 6.05. The van der Waals surface area contributed by atoms with E-state index >= 15 is 0 Å². The first-order valence-electron chi connectivity index (χ1n) is 7.47. The van der Waals surface area contributed by atoms with Gasteiger partial charge in [0.2, 0.25) is 0 Å². The summed E-state index contributed by atoms with van der Waals surface area (Å²) in [4.78, 5) is 33.8. The van der Waals surface area contributed by atoms with E-state index in [4.69, 9.17) is 0 Å². The minimum atomic E-state index is -0.559. The van der Waals surface area contributed by atoms with E-state index in [1.165, 1.54) is 25.3 Å². The molecule has 25 heavy (non-hydrogen) atoms. The molecule has 2 aromatic rings. The molecule has 8 nitrogen and oxygen atoms in total. The maximum Gasteiger partial charge on any atom is 0.307 e. The van der Waals surface area contributed by atoms with E-state index in [1.54, 1.807) is 24.3 Å². The van der Waals surface area contributed by atoms with Crippen molar-refractivity contribution in [1.82, 2.24) is 5.32 Å². The van der Waals surface area contributed by atoms with Crippen molar-refractivity contribution >= 4 is 28.9 Å². The SMILES string of the molecule is COC(=O)CCNC(=O)c1ccc(Nc2ccccc2)c([N+](=O)[O-])c1. The summed E-state index contributed by atoms with van der Waals surface area (Å²) in [6.45, 7) is 0.0866. The number of para-hydroxylation sites is 1. The van der Waals surface area contributed by atoms with Crippen LogP contribution in [0.25, 0.3) is 0 Å². The molecule has 0 aromatic heterocycles. The van der Waals surface area contributed by atoms with Crippen LogP contribution in [0, 0.1) is 10.1 Å². The average molecular weight is 343 g/mol. The van der Waals surface area contributed by atoms with E-state index in [0.717, 1.165) is 0 Å². The Hall–Kier alpha value is -3.42. The van der Waals surface area contributed by atoms with Gasteiger partial charge in [0.25, 0.3) is 11.6 Å². The summed E-state index contributed by atoms with van der Waals surface area (Å²) in [5.41, 5.74) is 0.892. The van der Waals surface area contributed by atoms with Crippen molar-refractivity contribution in [3.63, 3.8) is 0 Å². The van der Waals surface area contributed by atoms with Crippen LogP contribution >= 0.6 is 0 Å². The van der Waals surface area contributed by atoms with Crippen LogP contribution in [0.1, 0.15) is 16.8 Å². The van der Waals surface area contributed by atoms with Gasteiger partial charge < -0.3 is 15.4 Å². The molecule has 0 radical (unpaired) electrons. The molecule has 0 atom stereocenters. The fraction of sp³-hybridized carbons (Fsp3) is 0.176. The molecule has 0 heterocycles. The molecule has 0 fully saturated rings. The molecule has 2 rings (SSSR count). The molecule has 0 spiro atoms. The highest BCUT2D eigenvalue weighted by atomic mass is 16.6. The molecular weight excluding hydrogens is 326 g/mol. The van der Waals surface area contributed by atoms with Crippen molar-refractivity contribution in [2.24, 2.45) is 0 Å². The number of methoxy groups -OCH3 is 1. The number of rotatable bonds is 7. The highest BCUT2D eigenvalue weighted by Crippen LogP contribution is 2.28. The fourth-order valence-corrected chi connectivity index (χ4v) is 2.09. The number of ether oxygens (including phenoxy) is 1. The maximum absolute atomic E-state index is 12.1. The van der Waals surface area contributed by atoms with Crippen LogP contribution in [0.15, 0.2) is 48.5 Å². The topological polar surface area (TPSA) is 111 Å². The number of carbonyl (C=O) groups excluding carboxylic acids is 2. The van der Waals surface area contributed by atoms with Crippen molar-refractivity contribution in [3.8, 4) is 0 Å². The summed E-state index contributed by atoms with van der Waals surface area (Å²) < 4.78 is 4.47. The first kappa shape index (κ1) is 17.9. The number of anilines is 2. The van der Waals surface area contributed by atoms with Crippen molar-refractivity contribution in [1.29, 1.82) is 0 Å². The lowest BCUT2D eigenvalue weighted by molar-refractivity contribution is -0.383. The third kappa shape index (κ3) is 5.03. The summed E-state index contributed by atoms with van der Waals surface area (Å²) in [7, 11) is 1.26. The molecule has 0 aliphatic heterocycles. The summed E-state index contributed by atoms with van der Waals surface area (Å²) in [6, 6.07) is 13.1. The summed E-state index contributed by atoms with van der Waals surface area (Å²) in [5, 5.41) is 16.8. The minimum absolute atomic E-state index is 0.0258. The first-order valence-corrected chi connectivity index (χ1v) is 7.47. The predicted molar refractivity (Wildman–Crippen MR) is 91.8 cm³/mol. The van der Waals surface area contributed by atoms with Crippen LogP contribution < -0.4 is 10.6 Å². The van der Waals surface area contributed by atoms with Gasteiger partial charge in [-0.15, -0.1) is 0 Å². The number of nitro benzene ring substituents is 1. The quantitative estimate of drug-likeness (QED) is 0.454. The molecule has 0 aliphatic rings. The molecule has 8 heteroatoms. The van der Waals surface area contributed by atoms with Gasteiger partial charge in [-0.2, -0.15) is 0 Å². The van der Waals surface area contributed by atoms with Gasteiger partial charge in [0.05, 0.1) is 18.5 Å². The smallest absolute Gasteiger partial charge is 0.307 e. The van der Waals surface area contributed by atoms with E-state index < -0.39 is 16.8 Å². The number of nitrogens with zero attached hydrogens (tertiary/aromatic N) is 1. The minimum Gasteiger partial charge on any atom is -0.469 e. The summed E-state index contributed by atoms with van der Waals surface area (Å²) >= 11 is 0. The number of hydrogen-bond donors (Lipinski definition) is 2. The van der Waals surface area contributed by atoms with Crippen LogP contribution in [0.4, 0.5) is 17.1 Å². The number of nitro groups is 1. The Bertz CT molecular complexity index is 777. The lowest BCUT2D eigenvalue weighted by Crippen LogP contribution is -2.26. The molecule has 2 N–H and O–H groups in total. The van der Waals surface area contributed by atoms with Gasteiger partial charge in [0, 0.05) is 23.9 Å².